The second kappa shape index (κ2) is 7.29. The van der Waals surface area contributed by atoms with Crippen molar-refractivity contribution < 1.29 is 14.6 Å². The second-order valence-corrected chi connectivity index (χ2v) is 4.95. The van der Waals surface area contributed by atoms with Crippen LogP contribution in [0.2, 0.25) is 0 Å². The summed E-state index contributed by atoms with van der Waals surface area (Å²) in [7, 11) is 0. The van der Waals surface area contributed by atoms with Gasteiger partial charge in [-0.15, -0.1) is 0 Å². The first-order valence-electron chi connectivity index (χ1n) is 6.93. The molecule has 2 atom stereocenters. The highest BCUT2D eigenvalue weighted by Crippen LogP contribution is 2.29. The average molecular weight is 264 g/mol. The third-order valence-corrected chi connectivity index (χ3v) is 3.31. The minimum absolute atomic E-state index is 0.308. The van der Waals surface area contributed by atoms with Gasteiger partial charge in [-0.05, 0) is 38.3 Å². The first-order valence-corrected chi connectivity index (χ1v) is 6.93. The van der Waals surface area contributed by atoms with E-state index in [-0.39, 0.29) is 5.97 Å². The second-order valence-electron chi connectivity index (χ2n) is 4.95. The number of hydrogen-bond acceptors (Lipinski definition) is 3. The normalized spacial score (nSPS) is 13.9. The first kappa shape index (κ1) is 15.7. The Morgan fingerprint density at radius 3 is 2.53 bits per heavy atom. The Labute approximate surface area is 115 Å². The highest BCUT2D eigenvalue weighted by Gasteiger charge is 2.29. The number of hydrogen-bond donors (Lipinski definition) is 1. The molecule has 0 fully saturated rings. The summed E-state index contributed by atoms with van der Waals surface area (Å²) in [5, 5.41) is 10.5. The Morgan fingerprint density at radius 2 is 2.00 bits per heavy atom. The van der Waals surface area contributed by atoms with Gasteiger partial charge in [0.2, 0.25) is 0 Å². The van der Waals surface area contributed by atoms with Gasteiger partial charge >= 0.3 is 5.97 Å². The molecule has 2 unspecified atom stereocenters. The van der Waals surface area contributed by atoms with Gasteiger partial charge in [0.05, 0.1) is 18.6 Å². The summed E-state index contributed by atoms with van der Waals surface area (Å²) >= 11 is 0. The van der Waals surface area contributed by atoms with Crippen molar-refractivity contribution in [2.45, 2.75) is 46.6 Å². The van der Waals surface area contributed by atoms with Gasteiger partial charge in [-0.2, -0.15) is 0 Å². The van der Waals surface area contributed by atoms with Crippen LogP contribution in [0.15, 0.2) is 18.2 Å². The van der Waals surface area contributed by atoms with E-state index in [1.165, 1.54) is 0 Å². The van der Waals surface area contributed by atoms with Gasteiger partial charge in [-0.25, -0.2) is 0 Å². The molecule has 0 aliphatic carbocycles. The zero-order valence-corrected chi connectivity index (χ0v) is 12.3. The number of aliphatic hydroxyl groups excluding tert-OH is 1. The van der Waals surface area contributed by atoms with Crippen LogP contribution in [0.3, 0.4) is 0 Å². The van der Waals surface area contributed by atoms with E-state index in [9.17, 15) is 9.90 Å². The van der Waals surface area contributed by atoms with Gasteiger partial charge in [-0.3, -0.25) is 4.79 Å². The molecule has 106 valence electrons. The van der Waals surface area contributed by atoms with Crippen LogP contribution in [-0.4, -0.2) is 17.7 Å². The summed E-state index contributed by atoms with van der Waals surface area (Å²) in [6, 6.07) is 5.88. The SMILES string of the molecule is CCCC(C(=O)OCC)C(O)c1ccc(C)cc1C. The lowest BCUT2D eigenvalue weighted by Crippen LogP contribution is -2.25. The van der Waals surface area contributed by atoms with Crippen molar-refractivity contribution >= 4 is 5.97 Å². The minimum atomic E-state index is -0.792. The summed E-state index contributed by atoms with van der Waals surface area (Å²) in [5.74, 6) is -0.789. The number of aliphatic hydroxyl groups is 1. The molecule has 19 heavy (non-hydrogen) atoms. The quantitative estimate of drug-likeness (QED) is 0.802. The van der Waals surface area contributed by atoms with Crippen LogP contribution in [-0.2, 0) is 9.53 Å². The molecule has 0 spiro atoms. The standard InChI is InChI=1S/C16H24O3/c1-5-7-14(16(18)19-6-2)15(17)13-9-8-11(3)10-12(13)4/h8-10,14-15,17H,5-7H2,1-4H3. The molecule has 0 aromatic heterocycles. The molecule has 0 aliphatic rings. The van der Waals surface area contributed by atoms with Crippen molar-refractivity contribution in [1.82, 2.24) is 0 Å². The predicted octanol–water partition coefficient (Wildman–Crippen LogP) is 3.32. The molecule has 0 aliphatic heterocycles. The van der Waals surface area contributed by atoms with Crippen LogP contribution in [0.5, 0.6) is 0 Å². The van der Waals surface area contributed by atoms with E-state index in [2.05, 4.69) is 0 Å². The molecule has 0 bridgehead atoms. The molecule has 1 aromatic carbocycles. The maximum absolute atomic E-state index is 11.9. The molecule has 0 heterocycles. The molecule has 0 saturated heterocycles. The van der Waals surface area contributed by atoms with Crippen molar-refractivity contribution in [3.8, 4) is 0 Å². The lowest BCUT2D eigenvalue weighted by atomic mass is 9.89. The largest absolute Gasteiger partial charge is 0.466 e. The van der Waals surface area contributed by atoms with Gasteiger partial charge in [0.25, 0.3) is 0 Å². The smallest absolute Gasteiger partial charge is 0.311 e. The summed E-state index contributed by atoms with van der Waals surface area (Å²) < 4.78 is 5.06. The maximum Gasteiger partial charge on any atom is 0.311 e. The zero-order valence-electron chi connectivity index (χ0n) is 12.3. The molecule has 1 N–H and O–H groups in total. The summed E-state index contributed by atoms with van der Waals surface area (Å²) in [5.41, 5.74) is 2.98. The average Bonchev–Trinajstić information content (AvgIpc) is 2.35. The van der Waals surface area contributed by atoms with Crippen LogP contribution >= 0.6 is 0 Å². The predicted molar refractivity (Wildman–Crippen MR) is 75.9 cm³/mol. The van der Waals surface area contributed by atoms with Crippen LogP contribution in [0.4, 0.5) is 0 Å². The molecule has 1 rings (SSSR count). The third kappa shape index (κ3) is 4.06. The van der Waals surface area contributed by atoms with E-state index < -0.39 is 12.0 Å². The van der Waals surface area contributed by atoms with E-state index in [0.717, 1.165) is 23.1 Å². The lowest BCUT2D eigenvalue weighted by Gasteiger charge is -2.22. The monoisotopic (exact) mass is 264 g/mol. The molecule has 0 radical (unpaired) electrons. The number of ether oxygens (including phenoxy) is 1. The Kier molecular flexibility index (Phi) is 6.03. The van der Waals surface area contributed by atoms with Crippen molar-refractivity contribution in [1.29, 1.82) is 0 Å². The van der Waals surface area contributed by atoms with E-state index >= 15 is 0 Å². The fourth-order valence-electron chi connectivity index (χ4n) is 2.34. The fraction of sp³-hybridized carbons (Fsp3) is 0.562. The molecule has 0 saturated carbocycles. The van der Waals surface area contributed by atoms with Crippen molar-refractivity contribution in [3.63, 3.8) is 0 Å². The third-order valence-electron chi connectivity index (χ3n) is 3.31. The number of esters is 1. The molecule has 3 heteroatoms. The van der Waals surface area contributed by atoms with Crippen LogP contribution in [0.1, 0.15) is 49.5 Å². The highest BCUT2D eigenvalue weighted by molar-refractivity contribution is 5.73. The molecular formula is C16H24O3. The van der Waals surface area contributed by atoms with Crippen LogP contribution in [0.25, 0.3) is 0 Å². The van der Waals surface area contributed by atoms with E-state index in [1.807, 2.05) is 39.0 Å². The van der Waals surface area contributed by atoms with E-state index in [4.69, 9.17) is 4.74 Å². The number of carbonyl (C=O) groups excluding carboxylic acids is 1. The van der Waals surface area contributed by atoms with Crippen LogP contribution < -0.4 is 0 Å². The minimum Gasteiger partial charge on any atom is -0.466 e. The Balaban J connectivity index is 2.98. The summed E-state index contributed by atoms with van der Waals surface area (Å²) in [6.45, 7) is 8.10. The lowest BCUT2D eigenvalue weighted by molar-refractivity contribution is -0.152. The van der Waals surface area contributed by atoms with Crippen molar-refractivity contribution in [2.75, 3.05) is 6.61 Å². The van der Waals surface area contributed by atoms with Gasteiger partial charge in [0.15, 0.2) is 0 Å². The van der Waals surface area contributed by atoms with Gasteiger partial charge < -0.3 is 9.84 Å². The number of benzene rings is 1. The summed E-state index contributed by atoms with van der Waals surface area (Å²) in [4.78, 5) is 11.9. The Hall–Kier alpha value is -1.35. The number of rotatable bonds is 6. The van der Waals surface area contributed by atoms with Gasteiger partial charge in [0.1, 0.15) is 0 Å². The molecule has 0 amide bonds. The number of aryl methyl sites for hydroxylation is 2. The van der Waals surface area contributed by atoms with Gasteiger partial charge in [-0.1, -0.05) is 37.1 Å². The van der Waals surface area contributed by atoms with Crippen LogP contribution in [0, 0.1) is 19.8 Å². The fourth-order valence-corrected chi connectivity index (χ4v) is 2.34. The highest BCUT2D eigenvalue weighted by atomic mass is 16.5. The first-order chi connectivity index (χ1) is 9.01. The van der Waals surface area contributed by atoms with E-state index in [0.29, 0.717) is 13.0 Å². The Morgan fingerprint density at radius 1 is 1.32 bits per heavy atom. The van der Waals surface area contributed by atoms with E-state index in [1.54, 1.807) is 6.92 Å². The number of carbonyl (C=O) groups is 1. The summed E-state index contributed by atoms with van der Waals surface area (Å²) in [6.07, 6.45) is 0.679. The maximum atomic E-state index is 11.9. The zero-order chi connectivity index (χ0) is 14.4. The van der Waals surface area contributed by atoms with Crippen molar-refractivity contribution in [2.24, 2.45) is 5.92 Å². The topological polar surface area (TPSA) is 46.5 Å². The molecule has 1 aromatic rings. The molecular weight excluding hydrogens is 240 g/mol. The van der Waals surface area contributed by atoms with Gasteiger partial charge in [0, 0.05) is 0 Å². The molecule has 3 nitrogen and oxygen atoms in total. The Bertz CT molecular complexity index is 426. The van der Waals surface area contributed by atoms with Crippen molar-refractivity contribution in [3.05, 3.63) is 34.9 Å².